The van der Waals surface area contributed by atoms with Crippen molar-refractivity contribution in [1.29, 1.82) is 0 Å². The van der Waals surface area contributed by atoms with Crippen LogP contribution in [0, 0.1) is 5.92 Å². The molecule has 0 aliphatic rings. The number of hydrogen-bond donors (Lipinski definition) is 0. The fraction of sp³-hybridized carbons (Fsp3) is 0.500. The van der Waals surface area contributed by atoms with Gasteiger partial charge in [0.25, 0.3) is 0 Å². The maximum absolute atomic E-state index is 11.5. The molecule has 0 bridgehead atoms. The second-order valence-electron chi connectivity index (χ2n) is 4.34. The average Bonchev–Trinajstić information content (AvgIpc) is 2.28. The van der Waals surface area contributed by atoms with Crippen LogP contribution in [0.25, 0.3) is 0 Å². The van der Waals surface area contributed by atoms with Crippen molar-refractivity contribution in [3.05, 3.63) is 29.8 Å². The summed E-state index contributed by atoms with van der Waals surface area (Å²) in [5.41, 5.74) is 0.740. The zero-order valence-electron chi connectivity index (χ0n) is 10.3. The van der Waals surface area contributed by atoms with E-state index in [-0.39, 0.29) is 5.78 Å². The zero-order valence-corrected chi connectivity index (χ0v) is 10.3. The summed E-state index contributed by atoms with van der Waals surface area (Å²) in [7, 11) is 0. The number of ether oxygens (including phenoxy) is 1. The zero-order chi connectivity index (χ0) is 12.0. The maximum Gasteiger partial charge on any atom is 0.162 e. The maximum atomic E-state index is 11.5. The van der Waals surface area contributed by atoms with Crippen molar-refractivity contribution in [2.24, 2.45) is 5.92 Å². The van der Waals surface area contributed by atoms with Crippen LogP contribution in [0.4, 0.5) is 0 Å². The van der Waals surface area contributed by atoms with Crippen molar-refractivity contribution in [3.8, 4) is 5.75 Å². The largest absolute Gasteiger partial charge is 0.494 e. The van der Waals surface area contributed by atoms with E-state index in [4.69, 9.17) is 4.74 Å². The van der Waals surface area contributed by atoms with Crippen molar-refractivity contribution < 1.29 is 9.53 Å². The number of hydrogen-bond acceptors (Lipinski definition) is 2. The molecular formula is C14H20O2. The lowest BCUT2D eigenvalue weighted by Crippen LogP contribution is -2.02. The first-order chi connectivity index (χ1) is 7.63. The number of rotatable bonds is 6. The summed E-state index contributed by atoms with van der Waals surface area (Å²) < 4.78 is 5.60. The monoisotopic (exact) mass is 220 g/mol. The van der Waals surface area contributed by atoms with Gasteiger partial charge < -0.3 is 4.74 Å². The standard InChI is InChI=1S/C14H20O2/c1-4-14(15)12-6-5-7-13(10-12)16-9-8-11(2)3/h5-7,10-11H,4,8-9H2,1-3H3. The Morgan fingerprint density at radius 3 is 2.75 bits per heavy atom. The van der Waals surface area contributed by atoms with Gasteiger partial charge in [0, 0.05) is 12.0 Å². The molecule has 1 aromatic rings. The van der Waals surface area contributed by atoms with Crippen LogP contribution in [0.15, 0.2) is 24.3 Å². The van der Waals surface area contributed by atoms with E-state index in [0.717, 1.165) is 17.7 Å². The summed E-state index contributed by atoms with van der Waals surface area (Å²) in [4.78, 5) is 11.5. The molecule has 0 fully saturated rings. The first kappa shape index (κ1) is 12.8. The number of Topliss-reactive ketones (excluding diaryl/α,β-unsaturated/α-hetero) is 1. The van der Waals surface area contributed by atoms with Crippen LogP contribution < -0.4 is 4.74 Å². The van der Waals surface area contributed by atoms with Crippen LogP contribution in [0.1, 0.15) is 44.0 Å². The van der Waals surface area contributed by atoms with Crippen LogP contribution in [0.5, 0.6) is 5.75 Å². The molecule has 16 heavy (non-hydrogen) atoms. The molecule has 0 unspecified atom stereocenters. The summed E-state index contributed by atoms with van der Waals surface area (Å²) >= 11 is 0. The molecule has 0 heterocycles. The van der Waals surface area contributed by atoms with E-state index < -0.39 is 0 Å². The molecule has 2 nitrogen and oxygen atoms in total. The van der Waals surface area contributed by atoms with E-state index in [1.54, 1.807) is 0 Å². The molecule has 88 valence electrons. The first-order valence-electron chi connectivity index (χ1n) is 5.89. The predicted molar refractivity (Wildman–Crippen MR) is 66.0 cm³/mol. The third kappa shape index (κ3) is 4.05. The van der Waals surface area contributed by atoms with Crippen molar-refractivity contribution in [3.63, 3.8) is 0 Å². The van der Waals surface area contributed by atoms with E-state index in [2.05, 4.69) is 13.8 Å². The smallest absolute Gasteiger partial charge is 0.162 e. The highest BCUT2D eigenvalue weighted by Crippen LogP contribution is 2.15. The minimum Gasteiger partial charge on any atom is -0.494 e. The minimum atomic E-state index is 0.161. The molecule has 0 spiro atoms. The molecule has 0 radical (unpaired) electrons. The Hall–Kier alpha value is -1.31. The van der Waals surface area contributed by atoms with E-state index in [9.17, 15) is 4.79 Å². The molecule has 0 aliphatic heterocycles. The fourth-order valence-electron chi connectivity index (χ4n) is 1.38. The van der Waals surface area contributed by atoms with Gasteiger partial charge in [0.2, 0.25) is 0 Å². The van der Waals surface area contributed by atoms with Gasteiger partial charge in [-0.15, -0.1) is 0 Å². The fourth-order valence-corrected chi connectivity index (χ4v) is 1.38. The topological polar surface area (TPSA) is 26.3 Å². The third-order valence-corrected chi connectivity index (χ3v) is 2.44. The van der Waals surface area contributed by atoms with Crippen LogP contribution in [0.2, 0.25) is 0 Å². The molecule has 1 rings (SSSR count). The van der Waals surface area contributed by atoms with Crippen molar-refractivity contribution in [1.82, 2.24) is 0 Å². The van der Waals surface area contributed by atoms with Crippen molar-refractivity contribution >= 4 is 5.78 Å². The molecular weight excluding hydrogens is 200 g/mol. The molecule has 0 saturated carbocycles. The normalized spacial score (nSPS) is 10.5. The van der Waals surface area contributed by atoms with Gasteiger partial charge in [0.1, 0.15) is 5.75 Å². The Kier molecular flexibility index (Phi) is 5.03. The van der Waals surface area contributed by atoms with Crippen LogP contribution >= 0.6 is 0 Å². The van der Waals surface area contributed by atoms with Gasteiger partial charge in [0.15, 0.2) is 5.78 Å². The summed E-state index contributed by atoms with van der Waals surface area (Å²) in [5, 5.41) is 0. The molecule has 0 saturated heterocycles. The second kappa shape index (κ2) is 6.31. The van der Waals surface area contributed by atoms with Gasteiger partial charge in [-0.2, -0.15) is 0 Å². The predicted octanol–water partition coefficient (Wildman–Crippen LogP) is 3.70. The summed E-state index contributed by atoms with van der Waals surface area (Å²) in [6, 6.07) is 7.42. The lowest BCUT2D eigenvalue weighted by Gasteiger charge is -2.08. The quantitative estimate of drug-likeness (QED) is 0.683. The van der Waals surface area contributed by atoms with Crippen molar-refractivity contribution in [2.75, 3.05) is 6.61 Å². The van der Waals surface area contributed by atoms with Crippen LogP contribution in [-0.2, 0) is 0 Å². The summed E-state index contributed by atoms with van der Waals surface area (Å²) in [5.74, 6) is 1.59. The highest BCUT2D eigenvalue weighted by Gasteiger charge is 2.04. The van der Waals surface area contributed by atoms with Gasteiger partial charge in [-0.3, -0.25) is 4.79 Å². The Balaban J connectivity index is 2.57. The molecule has 1 aromatic carbocycles. The van der Waals surface area contributed by atoms with Gasteiger partial charge in [-0.1, -0.05) is 32.9 Å². The lowest BCUT2D eigenvalue weighted by atomic mass is 10.1. The highest BCUT2D eigenvalue weighted by molar-refractivity contribution is 5.96. The Morgan fingerprint density at radius 1 is 1.38 bits per heavy atom. The second-order valence-corrected chi connectivity index (χ2v) is 4.34. The van der Waals surface area contributed by atoms with Crippen molar-refractivity contribution in [2.45, 2.75) is 33.6 Å². The molecule has 2 heteroatoms. The van der Waals surface area contributed by atoms with E-state index in [1.807, 2.05) is 31.2 Å². The SMILES string of the molecule is CCC(=O)c1cccc(OCCC(C)C)c1. The van der Waals surface area contributed by atoms with Crippen LogP contribution in [-0.4, -0.2) is 12.4 Å². The van der Waals surface area contributed by atoms with E-state index in [0.29, 0.717) is 18.9 Å². The number of carbonyl (C=O) groups is 1. The van der Waals surface area contributed by atoms with Crippen LogP contribution in [0.3, 0.4) is 0 Å². The molecule has 0 atom stereocenters. The average molecular weight is 220 g/mol. The molecule has 0 aromatic heterocycles. The molecule has 0 aliphatic carbocycles. The number of ketones is 1. The van der Waals surface area contributed by atoms with Gasteiger partial charge in [-0.25, -0.2) is 0 Å². The van der Waals surface area contributed by atoms with E-state index in [1.165, 1.54) is 0 Å². The minimum absolute atomic E-state index is 0.161. The molecule has 0 N–H and O–H groups in total. The van der Waals surface area contributed by atoms with E-state index >= 15 is 0 Å². The Bertz CT molecular complexity index is 342. The third-order valence-electron chi connectivity index (χ3n) is 2.44. The summed E-state index contributed by atoms with van der Waals surface area (Å²) in [6.07, 6.45) is 1.57. The molecule has 0 amide bonds. The highest BCUT2D eigenvalue weighted by atomic mass is 16.5. The first-order valence-corrected chi connectivity index (χ1v) is 5.89. The van der Waals surface area contributed by atoms with Gasteiger partial charge >= 0.3 is 0 Å². The van der Waals surface area contributed by atoms with Gasteiger partial charge in [0.05, 0.1) is 6.61 Å². The Labute approximate surface area is 97.6 Å². The number of carbonyl (C=O) groups excluding carboxylic acids is 1. The lowest BCUT2D eigenvalue weighted by molar-refractivity contribution is 0.0987. The van der Waals surface area contributed by atoms with Gasteiger partial charge in [-0.05, 0) is 24.5 Å². The summed E-state index contributed by atoms with van der Waals surface area (Å²) in [6.45, 7) is 6.91. The number of benzene rings is 1. The Morgan fingerprint density at radius 2 is 2.12 bits per heavy atom.